The molecule has 2 unspecified atom stereocenters. The van der Waals surface area contributed by atoms with E-state index in [-0.39, 0.29) is 12.1 Å². The second-order valence-corrected chi connectivity index (χ2v) is 7.56. The van der Waals surface area contributed by atoms with E-state index in [1.54, 1.807) is 0 Å². The van der Waals surface area contributed by atoms with E-state index in [0.29, 0.717) is 12.8 Å². The van der Waals surface area contributed by atoms with E-state index in [2.05, 4.69) is 11.4 Å². The quantitative estimate of drug-likeness (QED) is 0.566. The number of hydrogen-bond donors (Lipinski definition) is 1. The number of rotatable bonds is 7. The number of ether oxygens (including phenoxy) is 1. The molecule has 1 N–H and O–H groups in total. The zero-order chi connectivity index (χ0) is 15.9. The van der Waals surface area contributed by atoms with Gasteiger partial charge >= 0.3 is 14.1 Å². The molecule has 0 heterocycles. The number of nitrogens with one attached hydrogen (secondary N) is 1. The number of amides is 1. The number of carbonyl (C=O) groups excluding carboxylic acids is 1. The summed E-state index contributed by atoms with van der Waals surface area (Å²) in [6, 6.07) is 0.0514. The molecule has 0 aromatic carbocycles. The molecule has 0 aromatic rings. The zero-order valence-electron chi connectivity index (χ0n) is 13.5. The molecular formula is C15H27NO4P+. The summed E-state index contributed by atoms with van der Waals surface area (Å²) < 4.78 is 21.7. The molecular weight excluding hydrogens is 289 g/mol. The molecule has 0 spiro atoms. The summed E-state index contributed by atoms with van der Waals surface area (Å²) in [6.45, 7) is 7.89. The Balaban J connectivity index is 2.27. The average Bonchev–Trinajstić information content (AvgIpc) is 2.74. The van der Waals surface area contributed by atoms with Crippen molar-refractivity contribution in [3.8, 4) is 0 Å². The van der Waals surface area contributed by atoms with Crippen LogP contribution in [0.4, 0.5) is 4.79 Å². The Hall–Kier alpha value is -0.930. The molecule has 1 aliphatic carbocycles. The second-order valence-electron chi connectivity index (χ2n) is 6.19. The highest BCUT2D eigenvalue weighted by Crippen LogP contribution is 2.28. The van der Waals surface area contributed by atoms with Gasteiger partial charge in [0.2, 0.25) is 0 Å². The number of alkyl carbamates (subject to hydrolysis) is 1. The maximum atomic E-state index is 11.7. The van der Waals surface area contributed by atoms with Crippen molar-refractivity contribution in [2.24, 2.45) is 0 Å². The molecule has 1 amide bonds. The third-order valence-electron chi connectivity index (χ3n) is 3.03. The lowest BCUT2D eigenvalue weighted by Crippen LogP contribution is -2.37. The van der Waals surface area contributed by atoms with Crippen LogP contribution in [0, 0.1) is 0 Å². The highest BCUT2D eigenvalue weighted by atomic mass is 31.1. The molecule has 0 fully saturated rings. The fraction of sp³-hybridized carbons (Fsp3) is 0.800. The molecule has 5 nitrogen and oxygen atoms in total. The number of hydrogen-bond acceptors (Lipinski definition) is 4. The summed E-state index contributed by atoms with van der Waals surface area (Å²) in [7, 11) is -1.51. The zero-order valence-corrected chi connectivity index (χ0v) is 14.4. The van der Waals surface area contributed by atoms with E-state index in [9.17, 15) is 9.36 Å². The van der Waals surface area contributed by atoms with Crippen LogP contribution in [0.1, 0.15) is 53.4 Å². The lowest BCUT2D eigenvalue weighted by Gasteiger charge is -2.21. The Morgan fingerprint density at radius 1 is 1.48 bits per heavy atom. The summed E-state index contributed by atoms with van der Waals surface area (Å²) in [4.78, 5) is 11.7. The van der Waals surface area contributed by atoms with Crippen LogP contribution in [0.5, 0.6) is 0 Å². The molecule has 2 atom stereocenters. The van der Waals surface area contributed by atoms with E-state index in [4.69, 9.17) is 9.26 Å². The summed E-state index contributed by atoms with van der Waals surface area (Å²) >= 11 is 0. The highest BCUT2D eigenvalue weighted by Gasteiger charge is 2.22. The van der Waals surface area contributed by atoms with Crippen LogP contribution in [0.25, 0.3) is 0 Å². The van der Waals surface area contributed by atoms with Crippen LogP contribution >= 0.6 is 8.03 Å². The largest absolute Gasteiger partial charge is 0.508 e. The van der Waals surface area contributed by atoms with Crippen molar-refractivity contribution < 1.29 is 18.6 Å². The van der Waals surface area contributed by atoms with Gasteiger partial charge in [-0.2, -0.15) is 0 Å². The first-order valence-electron chi connectivity index (χ1n) is 7.57. The van der Waals surface area contributed by atoms with Crippen molar-refractivity contribution in [1.29, 1.82) is 0 Å². The van der Waals surface area contributed by atoms with Crippen LogP contribution in [-0.4, -0.2) is 30.5 Å². The van der Waals surface area contributed by atoms with E-state index >= 15 is 0 Å². The molecule has 0 aliphatic heterocycles. The van der Waals surface area contributed by atoms with Crippen LogP contribution in [-0.2, 0) is 13.8 Å². The van der Waals surface area contributed by atoms with Crippen molar-refractivity contribution in [2.45, 2.75) is 65.0 Å². The fourth-order valence-corrected chi connectivity index (χ4v) is 3.05. The second kappa shape index (κ2) is 8.50. The summed E-state index contributed by atoms with van der Waals surface area (Å²) in [5.74, 6) is 0. The van der Waals surface area contributed by atoms with Gasteiger partial charge in [0, 0.05) is 0 Å². The van der Waals surface area contributed by atoms with E-state index in [1.807, 2.05) is 27.7 Å². The average molecular weight is 316 g/mol. The van der Waals surface area contributed by atoms with E-state index in [0.717, 1.165) is 25.7 Å². The lowest BCUT2D eigenvalue weighted by molar-refractivity contribution is 0.0514. The standard InChI is InChI=1S/C15H26NO4P/c1-5-19-21(18)10-6-7-12-8-9-13(11-12)16-14(17)20-15(2,3)4/h11,13H,5-10H2,1-4H3/p+1. The Labute approximate surface area is 128 Å². The number of carbonyl (C=O) groups is 1. The van der Waals surface area contributed by atoms with Gasteiger partial charge in [-0.05, 0) is 57.9 Å². The van der Waals surface area contributed by atoms with Crippen LogP contribution < -0.4 is 5.32 Å². The minimum atomic E-state index is -1.51. The highest BCUT2D eigenvalue weighted by molar-refractivity contribution is 7.39. The van der Waals surface area contributed by atoms with Crippen LogP contribution in [0.3, 0.4) is 0 Å². The van der Waals surface area contributed by atoms with Gasteiger partial charge in [0.25, 0.3) is 0 Å². The Kier molecular flexibility index (Phi) is 7.33. The fourth-order valence-electron chi connectivity index (χ4n) is 2.22. The van der Waals surface area contributed by atoms with Crippen molar-refractivity contribution >= 4 is 14.1 Å². The first kappa shape index (κ1) is 18.1. The van der Waals surface area contributed by atoms with Gasteiger partial charge in [-0.3, -0.25) is 0 Å². The summed E-state index contributed by atoms with van der Waals surface area (Å²) in [6.07, 6.45) is 5.99. The molecule has 21 heavy (non-hydrogen) atoms. The lowest BCUT2D eigenvalue weighted by atomic mass is 10.1. The first-order chi connectivity index (χ1) is 9.80. The normalized spacial score (nSPS) is 19.1. The van der Waals surface area contributed by atoms with E-state index < -0.39 is 13.6 Å². The van der Waals surface area contributed by atoms with E-state index in [1.165, 1.54) is 5.57 Å². The molecule has 1 aliphatic rings. The molecule has 0 saturated heterocycles. The van der Waals surface area contributed by atoms with Gasteiger partial charge in [0.05, 0.1) is 12.6 Å². The molecule has 120 valence electrons. The smallest absolute Gasteiger partial charge is 0.444 e. The minimum absolute atomic E-state index is 0.0514. The van der Waals surface area contributed by atoms with Crippen LogP contribution in [0.15, 0.2) is 11.6 Å². The van der Waals surface area contributed by atoms with Gasteiger partial charge in [0.1, 0.15) is 5.60 Å². The van der Waals surface area contributed by atoms with Crippen molar-refractivity contribution in [1.82, 2.24) is 5.32 Å². The SMILES string of the molecule is CCO[P+](=O)CCCC1=CC(NC(=O)OC(C)(C)C)CC1. The molecule has 6 heteroatoms. The Morgan fingerprint density at radius 3 is 2.81 bits per heavy atom. The van der Waals surface area contributed by atoms with Crippen molar-refractivity contribution in [2.75, 3.05) is 12.8 Å². The molecule has 0 radical (unpaired) electrons. The number of allylic oxidation sites excluding steroid dienone is 1. The molecule has 1 rings (SSSR count). The molecule has 0 saturated carbocycles. The Morgan fingerprint density at radius 2 is 2.19 bits per heavy atom. The maximum absolute atomic E-state index is 11.7. The third kappa shape index (κ3) is 8.18. The van der Waals surface area contributed by atoms with Crippen molar-refractivity contribution in [3.63, 3.8) is 0 Å². The van der Waals surface area contributed by atoms with Gasteiger partial charge < -0.3 is 10.1 Å². The monoisotopic (exact) mass is 316 g/mol. The minimum Gasteiger partial charge on any atom is -0.444 e. The van der Waals surface area contributed by atoms with Gasteiger partial charge in [-0.1, -0.05) is 11.6 Å². The van der Waals surface area contributed by atoms with Gasteiger partial charge in [-0.25, -0.2) is 4.79 Å². The van der Waals surface area contributed by atoms with Gasteiger partial charge in [0.15, 0.2) is 6.16 Å². The van der Waals surface area contributed by atoms with Gasteiger partial charge in [-0.15, -0.1) is 4.52 Å². The predicted molar refractivity (Wildman–Crippen MR) is 83.8 cm³/mol. The van der Waals surface area contributed by atoms with Crippen molar-refractivity contribution in [3.05, 3.63) is 11.6 Å². The predicted octanol–water partition coefficient (Wildman–Crippen LogP) is 4.16. The Bertz CT molecular complexity index is 401. The third-order valence-corrected chi connectivity index (χ3v) is 4.25. The maximum Gasteiger partial charge on any atom is 0.508 e. The molecule has 0 aromatic heterocycles. The summed E-state index contributed by atoms with van der Waals surface area (Å²) in [5, 5.41) is 2.86. The molecule has 0 bridgehead atoms. The first-order valence-corrected chi connectivity index (χ1v) is 8.93. The topological polar surface area (TPSA) is 64.6 Å². The van der Waals surface area contributed by atoms with Crippen LogP contribution in [0.2, 0.25) is 0 Å². The summed E-state index contributed by atoms with van der Waals surface area (Å²) in [5.41, 5.74) is 0.843.